The first kappa shape index (κ1) is 13.0. The van der Waals surface area contributed by atoms with Crippen molar-refractivity contribution < 1.29 is 14.7 Å². The molecule has 1 aromatic rings. The van der Waals surface area contributed by atoms with Crippen molar-refractivity contribution in [1.29, 1.82) is 0 Å². The van der Waals surface area contributed by atoms with Gasteiger partial charge in [0.2, 0.25) is 0 Å². The van der Waals surface area contributed by atoms with Gasteiger partial charge in [0.15, 0.2) is 0 Å². The monoisotopic (exact) mass is 237 g/mol. The molecule has 0 saturated heterocycles. The van der Waals surface area contributed by atoms with Crippen LogP contribution in [0.25, 0.3) is 0 Å². The van der Waals surface area contributed by atoms with Gasteiger partial charge in [-0.3, -0.25) is 9.78 Å². The molecule has 1 heterocycles. The number of aromatic nitrogens is 1. The minimum absolute atomic E-state index is 0.306. The highest BCUT2D eigenvalue weighted by Crippen LogP contribution is 2.05. The lowest BCUT2D eigenvalue weighted by molar-refractivity contribution is -0.137. The summed E-state index contributed by atoms with van der Waals surface area (Å²) in [6.07, 6.45) is 3.80. The van der Waals surface area contributed by atoms with Crippen LogP contribution < -0.4 is 5.32 Å². The van der Waals surface area contributed by atoms with Gasteiger partial charge in [0.25, 0.3) is 0 Å². The van der Waals surface area contributed by atoms with Crippen LogP contribution in [0.15, 0.2) is 24.5 Å². The van der Waals surface area contributed by atoms with E-state index in [4.69, 9.17) is 5.11 Å². The van der Waals surface area contributed by atoms with Crippen molar-refractivity contribution in [1.82, 2.24) is 9.88 Å². The number of carbonyl (C=O) groups is 2. The largest absolute Gasteiger partial charge is 0.480 e. The third-order valence-electron chi connectivity index (χ3n) is 2.02. The molecule has 17 heavy (non-hydrogen) atoms. The predicted molar refractivity (Wildman–Crippen MR) is 62.8 cm³/mol. The number of hydrogen-bond acceptors (Lipinski definition) is 3. The van der Waals surface area contributed by atoms with Crippen molar-refractivity contribution >= 4 is 17.7 Å². The van der Waals surface area contributed by atoms with Crippen molar-refractivity contribution in [2.45, 2.75) is 13.3 Å². The van der Waals surface area contributed by atoms with Crippen LogP contribution in [-0.4, -0.2) is 40.1 Å². The lowest BCUT2D eigenvalue weighted by Crippen LogP contribution is -2.39. The number of aliphatic carboxylic acids is 1. The Morgan fingerprint density at radius 3 is 2.82 bits per heavy atom. The second-order valence-electron chi connectivity index (χ2n) is 3.49. The molecule has 0 aliphatic heterocycles. The molecule has 2 amide bonds. The zero-order valence-corrected chi connectivity index (χ0v) is 9.59. The summed E-state index contributed by atoms with van der Waals surface area (Å²) in [5, 5.41) is 11.3. The maximum atomic E-state index is 11.8. The average molecular weight is 237 g/mol. The van der Waals surface area contributed by atoms with E-state index in [0.717, 1.165) is 0 Å². The van der Waals surface area contributed by atoms with Crippen LogP contribution in [0.2, 0.25) is 0 Å². The molecular weight excluding hydrogens is 222 g/mol. The number of nitrogens with zero attached hydrogens (tertiary/aromatic N) is 2. The lowest BCUT2D eigenvalue weighted by atomic mass is 10.4. The van der Waals surface area contributed by atoms with Crippen LogP contribution >= 0.6 is 0 Å². The van der Waals surface area contributed by atoms with E-state index in [9.17, 15) is 9.59 Å². The fourth-order valence-electron chi connectivity index (χ4n) is 1.32. The van der Waals surface area contributed by atoms with E-state index in [0.29, 0.717) is 18.7 Å². The molecule has 1 aromatic heterocycles. The Morgan fingerprint density at radius 1 is 1.53 bits per heavy atom. The van der Waals surface area contributed by atoms with Crippen LogP contribution in [-0.2, 0) is 4.79 Å². The number of amides is 2. The fourth-order valence-corrected chi connectivity index (χ4v) is 1.32. The highest BCUT2D eigenvalue weighted by Gasteiger charge is 2.15. The fraction of sp³-hybridized carbons (Fsp3) is 0.364. The Kier molecular flexibility index (Phi) is 4.93. The molecule has 0 bridgehead atoms. The van der Waals surface area contributed by atoms with Crippen LogP contribution in [0.4, 0.5) is 10.5 Å². The molecule has 0 fully saturated rings. The molecule has 6 heteroatoms. The number of nitrogens with one attached hydrogen (secondary N) is 1. The van der Waals surface area contributed by atoms with Gasteiger partial charge in [-0.2, -0.15) is 0 Å². The third-order valence-corrected chi connectivity index (χ3v) is 2.02. The smallest absolute Gasteiger partial charge is 0.323 e. The Labute approximate surface area is 99.3 Å². The number of hydrogen-bond donors (Lipinski definition) is 2. The number of pyridine rings is 1. The lowest BCUT2D eigenvalue weighted by Gasteiger charge is -2.20. The molecular formula is C11H15N3O3. The summed E-state index contributed by atoms with van der Waals surface area (Å²) >= 11 is 0. The maximum absolute atomic E-state index is 11.8. The quantitative estimate of drug-likeness (QED) is 0.811. The second kappa shape index (κ2) is 6.47. The molecule has 0 unspecified atom stereocenters. The van der Waals surface area contributed by atoms with Crippen LogP contribution in [0.1, 0.15) is 13.3 Å². The summed E-state index contributed by atoms with van der Waals surface area (Å²) < 4.78 is 0. The van der Waals surface area contributed by atoms with E-state index < -0.39 is 12.0 Å². The number of rotatable bonds is 5. The standard InChI is InChI=1S/C11H15N3O3/c1-2-6-14(8-10(15)16)11(17)13-9-4-3-5-12-7-9/h3-5,7H,2,6,8H2,1H3,(H,13,17)(H,15,16). The zero-order valence-electron chi connectivity index (χ0n) is 9.59. The predicted octanol–water partition coefficient (Wildman–Crippen LogP) is 1.41. The first-order valence-corrected chi connectivity index (χ1v) is 5.31. The third kappa shape index (κ3) is 4.50. The van der Waals surface area contributed by atoms with Gasteiger partial charge >= 0.3 is 12.0 Å². The molecule has 0 radical (unpaired) electrons. The van der Waals surface area contributed by atoms with Crippen LogP contribution in [0.3, 0.4) is 0 Å². The molecule has 6 nitrogen and oxygen atoms in total. The van der Waals surface area contributed by atoms with Gasteiger partial charge in [0.05, 0.1) is 11.9 Å². The molecule has 92 valence electrons. The van der Waals surface area contributed by atoms with Gasteiger partial charge in [-0.25, -0.2) is 4.79 Å². The number of carboxylic acid groups (broad SMARTS) is 1. The topological polar surface area (TPSA) is 82.5 Å². The molecule has 0 aromatic carbocycles. The van der Waals surface area contributed by atoms with E-state index in [1.807, 2.05) is 6.92 Å². The molecule has 0 atom stereocenters. The molecule has 0 aliphatic rings. The maximum Gasteiger partial charge on any atom is 0.323 e. The molecule has 0 spiro atoms. The Bertz CT molecular complexity index is 381. The molecule has 0 aliphatic carbocycles. The molecule has 1 rings (SSSR count). The molecule has 0 saturated carbocycles. The normalized spacial score (nSPS) is 9.71. The number of carbonyl (C=O) groups excluding carboxylic acids is 1. The Balaban J connectivity index is 2.62. The van der Waals surface area contributed by atoms with Crippen molar-refractivity contribution in [3.63, 3.8) is 0 Å². The molecule has 2 N–H and O–H groups in total. The van der Waals surface area contributed by atoms with Gasteiger partial charge in [0.1, 0.15) is 6.54 Å². The summed E-state index contributed by atoms with van der Waals surface area (Å²) in [6.45, 7) is 1.98. The second-order valence-corrected chi connectivity index (χ2v) is 3.49. The zero-order chi connectivity index (χ0) is 12.7. The summed E-state index contributed by atoms with van der Waals surface area (Å²) in [4.78, 5) is 27.5. The van der Waals surface area contributed by atoms with Gasteiger partial charge in [-0.05, 0) is 18.6 Å². The average Bonchev–Trinajstić information content (AvgIpc) is 2.29. The number of carboxylic acids is 1. The van der Waals surface area contributed by atoms with Crippen molar-refractivity contribution in [2.24, 2.45) is 0 Å². The van der Waals surface area contributed by atoms with Gasteiger partial charge in [0, 0.05) is 12.7 Å². The van der Waals surface area contributed by atoms with Crippen molar-refractivity contribution in [3.05, 3.63) is 24.5 Å². The van der Waals surface area contributed by atoms with Crippen LogP contribution in [0.5, 0.6) is 0 Å². The van der Waals surface area contributed by atoms with Gasteiger partial charge in [-0.1, -0.05) is 6.92 Å². The first-order valence-electron chi connectivity index (χ1n) is 5.31. The van der Waals surface area contributed by atoms with Crippen molar-refractivity contribution in [2.75, 3.05) is 18.4 Å². The van der Waals surface area contributed by atoms with Crippen LogP contribution in [0, 0.1) is 0 Å². The Morgan fingerprint density at radius 2 is 2.29 bits per heavy atom. The first-order chi connectivity index (χ1) is 8.13. The SMILES string of the molecule is CCCN(CC(=O)O)C(=O)Nc1cccnc1. The highest BCUT2D eigenvalue weighted by atomic mass is 16.4. The summed E-state index contributed by atoms with van der Waals surface area (Å²) in [5.41, 5.74) is 0.545. The Hall–Kier alpha value is -2.11. The minimum atomic E-state index is -1.03. The van der Waals surface area contributed by atoms with E-state index in [1.165, 1.54) is 11.1 Å². The van der Waals surface area contributed by atoms with E-state index in [1.54, 1.807) is 18.3 Å². The summed E-state index contributed by atoms with van der Waals surface area (Å²) in [5.74, 6) is -1.03. The van der Waals surface area contributed by atoms with Crippen molar-refractivity contribution in [3.8, 4) is 0 Å². The van der Waals surface area contributed by atoms with Gasteiger partial charge in [-0.15, -0.1) is 0 Å². The highest BCUT2D eigenvalue weighted by molar-refractivity contribution is 5.91. The van der Waals surface area contributed by atoms with E-state index in [2.05, 4.69) is 10.3 Å². The van der Waals surface area contributed by atoms with Gasteiger partial charge < -0.3 is 15.3 Å². The summed E-state index contributed by atoms with van der Waals surface area (Å²) in [6, 6.07) is 2.95. The van der Waals surface area contributed by atoms with E-state index in [-0.39, 0.29) is 6.54 Å². The number of urea groups is 1. The number of anilines is 1. The summed E-state index contributed by atoms with van der Waals surface area (Å²) in [7, 11) is 0. The minimum Gasteiger partial charge on any atom is -0.480 e. The van der Waals surface area contributed by atoms with E-state index >= 15 is 0 Å².